The van der Waals surface area contributed by atoms with Gasteiger partial charge in [0, 0.05) is 29.1 Å². The summed E-state index contributed by atoms with van der Waals surface area (Å²) >= 11 is 0. The smallest absolute Gasteiger partial charge is 0.508 e. The molecule has 0 amide bonds. The number of hydrogen-bond donors (Lipinski definition) is 1. The van der Waals surface area contributed by atoms with E-state index in [1.807, 2.05) is 98.8 Å². The molecular weight excluding hydrogens is 489 g/mol. The average molecular weight is 516 g/mol. The van der Waals surface area contributed by atoms with Crippen LogP contribution in [0.2, 0.25) is 0 Å². The number of aromatic nitrogens is 1. The van der Waals surface area contributed by atoms with Gasteiger partial charge in [-0.2, -0.15) is 0 Å². The number of benzene rings is 3. The van der Waals surface area contributed by atoms with E-state index in [4.69, 9.17) is 0 Å². The monoisotopic (exact) mass is 516 g/mol. The standard InChI is InChI=1S/C33H27BF2N2O/c1-23-21-28(17-13-25-9-5-3-6-10-25)37-32(23)31(27-15-19-30(39)20-16-27)33-24(2)22-29(38(33)34(37,35)36)18-14-26-11-7-4-8-12-26/h3-22,39H,1-2H3/b17-13+,18-14+. The molecule has 0 atom stereocenters. The minimum Gasteiger partial charge on any atom is -0.508 e. The summed E-state index contributed by atoms with van der Waals surface area (Å²) in [5.41, 5.74) is 6.73. The van der Waals surface area contributed by atoms with Gasteiger partial charge in [-0.05, 0) is 66.5 Å². The minimum absolute atomic E-state index is 0.127. The third-order valence-electron chi connectivity index (χ3n) is 7.26. The normalized spacial score (nSPS) is 16.3. The van der Waals surface area contributed by atoms with E-state index in [1.165, 1.54) is 8.96 Å². The SMILES string of the molecule is CC1=CC(/C=C/c2ccccc2)=[N+]2C1=C(c1ccc(O)cc1)c1c(C)cc(/C=C/c3ccccc3)n1[B-]2(F)F. The summed E-state index contributed by atoms with van der Waals surface area (Å²) < 4.78 is 36.0. The second-order valence-electron chi connectivity index (χ2n) is 9.94. The van der Waals surface area contributed by atoms with E-state index in [0.29, 0.717) is 22.8 Å². The first-order chi connectivity index (χ1) is 18.8. The molecule has 3 aromatic carbocycles. The molecule has 192 valence electrons. The Morgan fingerprint density at radius 2 is 1.36 bits per heavy atom. The van der Waals surface area contributed by atoms with E-state index in [-0.39, 0.29) is 5.75 Å². The minimum atomic E-state index is -4.23. The molecule has 0 aliphatic carbocycles. The number of allylic oxidation sites excluding steroid dienone is 3. The molecule has 3 nitrogen and oxygen atoms in total. The van der Waals surface area contributed by atoms with Crippen LogP contribution >= 0.6 is 0 Å². The van der Waals surface area contributed by atoms with Crippen LogP contribution in [0.15, 0.2) is 114 Å². The molecule has 6 heteroatoms. The number of aromatic hydroxyl groups is 1. The quantitative estimate of drug-likeness (QED) is 0.270. The molecule has 6 rings (SSSR count). The Kier molecular flexibility index (Phi) is 6.03. The van der Waals surface area contributed by atoms with Crippen LogP contribution in [0.5, 0.6) is 5.75 Å². The highest BCUT2D eigenvalue weighted by molar-refractivity contribution is 6.58. The highest BCUT2D eigenvalue weighted by atomic mass is 19.2. The molecule has 3 heterocycles. The number of nitrogens with zero attached hydrogens (tertiary/aromatic N) is 2. The molecule has 2 aliphatic rings. The molecule has 0 bridgehead atoms. The van der Waals surface area contributed by atoms with E-state index in [9.17, 15) is 5.11 Å². The largest absolute Gasteiger partial charge is 0.737 e. The lowest BCUT2D eigenvalue weighted by molar-refractivity contribution is -0.362. The third-order valence-corrected chi connectivity index (χ3v) is 7.26. The Morgan fingerprint density at radius 3 is 1.97 bits per heavy atom. The first-order valence-electron chi connectivity index (χ1n) is 12.9. The second-order valence-corrected chi connectivity index (χ2v) is 9.94. The van der Waals surface area contributed by atoms with Crippen molar-refractivity contribution in [2.75, 3.05) is 0 Å². The average Bonchev–Trinajstić information content (AvgIpc) is 3.46. The predicted molar refractivity (Wildman–Crippen MR) is 157 cm³/mol. The summed E-state index contributed by atoms with van der Waals surface area (Å²) in [6.07, 6.45) is 9.07. The number of phenolic OH excluding ortho intramolecular Hbond substituents is 1. The summed E-state index contributed by atoms with van der Waals surface area (Å²) in [5.74, 6) is 0.127. The molecule has 1 N–H and O–H groups in total. The van der Waals surface area contributed by atoms with Crippen LogP contribution in [0.3, 0.4) is 0 Å². The molecule has 0 radical (unpaired) electrons. The topological polar surface area (TPSA) is 28.2 Å². The van der Waals surface area contributed by atoms with Gasteiger partial charge in [-0.1, -0.05) is 78.9 Å². The third kappa shape index (κ3) is 4.28. The summed E-state index contributed by atoms with van der Waals surface area (Å²) in [5, 5.41) is 9.95. The van der Waals surface area contributed by atoms with Gasteiger partial charge in [0.15, 0.2) is 11.4 Å². The molecule has 0 unspecified atom stereocenters. The summed E-state index contributed by atoms with van der Waals surface area (Å²) in [7, 11) is 0. The van der Waals surface area contributed by atoms with Gasteiger partial charge in [0.05, 0.1) is 5.57 Å². The number of phenols is 1. The molecule has 4 aromatic rings. The van der Waals surface area contributed by atoms with E-state index >= 15 is 8.63 Å². The maximum atomic E-state index is 16.8. The lowest BCUT2D eigenvalue weighted by Gasteiger charge is -2.34. The number of fused-ring (bicyclic) bond motifs is 2. The van der Waals surface area contributed by atoms with E-state index in [1.54, 1.807) is 36.4 Å². The van der Waals surface area contributed by atoms with Crippen LogP contribution in [-0.4, -0.2) is 26.8 Å². The van der Waals surface area contributed by atoms with Gasteiger partial charge < -0.3 is 22.7 Å². The van der Waals surface area contributed by atoms with Crippen molar-refractivity contribution in [1.82, 2.24) is 4.48 Å². The number of aryl methyl sites for hydroxylation is 1. The van der Waals surface area contributed by atoms with Crippen LogP contribution in [0.4, 0.5) is 8.63 Å². The van der Waals surface area contributed by atoms with Gasteiger partial charge >= 0.3 is 6.97 Å². The van der Waals surface area contributed by atoms with Crippen molar-refractivity contribution in [3.8, 4) is 5.75 Å². The Labute approximate surface area is 226 Å². The molecule has 2 aliphatic heterocycles. The predicted octanol–water partition coefficient (Wildman–Crippen LogP) is 7.80. The van der Waals surface area contributed by atoms with Gasteiger partial charge in [0.25, 0.3) is 0 Å². The zero-order valence-corrected chi connectivity index (χ0v) is 21.7. The Balaban J connectivity index is 1.61. The van der Waals surface area contributed by atoms with Crippen molar-refractivity contribution in [1.29, 1.82) is 0 Å². The van der Waals surface area contributed by atoms with Crippen molar-refractivity contribution in [3.63, 3.8) is 0 Å². The molecule has 1 aromatic heterocycles. The highest BCUT2D eigenvalue weighted by Gasteiger charge is 2.55. The molecule has 0 saturated carbocycles. The number of rotatable bonds is 5. The molecule has 0 spiro atoms. The van der Waals surface area contributed by atoms with Gasteiger partial charge in [-0.15, -0.1) is 0 Å². The molecule has 39 heavy (non-hydrogen) atoms. The first-order valence-corrected chi connectivity index (χ1v) is 12.9. The van der Waals surface area contributed by atoms with Gasteiger partial charge in [0.1, 0.15) is 5.75 Å². The zero-order valence-electron chi connectivity index (χ0n) is 21.7. The lowest BCUT2D eigenvalue weighted by Crippen LogP contribution is -2.51. The highest BCUT2D eigenvalue weighted by Crippen LogP contribution is 2.44. The van der Waals surface area contributed by atoms with Crippen molar-refractivity contribution in [2.24, 2.45) is 0 Å². The van der Waals surface area contributed by atoms with Crippen molar-refractivity contribution >= 4 is 36.5 Å². The maximum Gasteiger partial charge on any atom is 0.737 e. The Hall–Kier alpha value is -4.71. The molecule has 0 fully saturated rings. The fourth-order valence-electron chi connectivity index (χ4n) is 5.54. The second kappa shape index (κ2) is 9.55. The van der Waals surface area contributed by atoms with Crippen LogP contribution in [0, 0.1) is 6.92 Å². The zero-order chi connectivity index (χ0) is 27.1. The number of hydrogen-bond acceptors (Lipinski definition) is 1. The Morgan fingerprint density at radius 1 is 0.769 bits per heavy atom. The summed E-state index contributed by atoms with van der Waals surface area (Å²) in [6.45, 7) is -0.478. The molecular formula is C33H27BF2N2O. The van der Waals surface area contributed by atoms with Gasteiger partial charge in [-0.3, -0.25) is 0 Å². The van der Waals surface area contributed by atoms with Crippen molar-refractivity contribution in [3.05, 3.63) is 148 Å². The van der Waals surface area contributed by atoms with Gasteiger partial charge in [-0.25, -0.2) is 0 Å². The fourth-order valence-corrected chi connectivity index (χ4v) is 5.54. The van der Waals surface area contributed by atoms with Crippen molar-refractivity contribution in [2.45, 2.75) is 13.8 Å². The maximum absolute atomic E-state index is 16.8. The van der Waals surface area contributed by atoms with Crippen LogP contribution in [0.25, 0.3) is 23.8 Å². The Bertz CT molecular complexity index is 1730. The fraction of sp³-hybridized carbons (Fsp3) is 0.0606. The van der Waals surface area contributed by atoms with E-state index in [0.717, 1.165) is 33.4 Å². The lowest BCUT2D eigenvalue weighted by atomic mass is 9.83. The number of halogens is 2. The van der Waals surface area contributed by atoms with E-state index < -0.39 is 6.97 Å². The summed E-state index contributed by atoms with van der Waals surface area (Å²) in [6, 6.07) is 27.9. The van der Waals surface area contributed by atoms with E-state index in [2.05, 4.69) is 0 Å². The van der Waals surface area contributed by atoms with Crippen LogP contribution in [-0.2, 0) is 0 Å². The molecule has 0 saturated heterocycles. The van der Waals surface area contributed by atoms with Crippen molar-refractivity contribution < 1.29 is 18.2 Å². The van der Waals surface area contributed by atoms with Crippen LogP contribution < -0.4 is 0 Å². The first kappa shape index (κ1) is 24.6. The van der Waals surface area contributed by atoms with Crippen LogP contribution in [0.1, 0.15) is 40.6 Å². The summed E-state index contributed by atoms with van der Waals surface area (Å²) in [4.78, 5) is 0. The van der Waals surface area contributed by atoms with Gasteiger partial charge in [0.2, 0.25) is 0 Å².